The minimum Gasteiger partial charge on any atom is -0.494 e. The summed E-state index contributed by atoms with van der Waals surface area (Å²) in [6.45, 7) is 3.94. The maximum Gasteiger partial charge on any atom is 0.336 e. The molecule has 1 aromatic carbocycles. The van der Waals surface area contributed by atoms with E-state index >= 15 is 0 Å². The Kier molecular flexibility index (Phi) is 5.23. The van der Waals surface area contributed by atoms with E-state index in [1.807, 2.05) is 13.8 Å². The number of anilines is 1. The Morgan fingerprint density at radius 3 is 2.67 bits per heavy atom. The number of hydrogen-bond acceptors (Lipinski definition) is 6. The highest BCUT2D eigenvalue weighted by Gasteiger charge is 2.18. The Balaban J connectivity index is 1.76. The molecule has 3 heterocycles. The lowest BCUT2D eigenvalue weighted by Crippen LogP contribution is -2.40. The zero-order valence-electron chi connectivity index (χ0n) is 16.3. The van der Waals surface area contributed by atoms with Crippen LogP contribution in [0.1, 0.15) is 12.6 Å². The van der Waals surface area contributed by atoms with Gasteiger partial charge in [0.05, 0.1) is 17.8 Å². The van der Waals surface area contributed by atoms with Crippen LogP contribution < -0.4 is 21.3 Å². The number of hydrogen-bond donors (Lipinski definition) is 2. The lowest BCUT2D eigenvalue weighted by Gasteiger charge is -2.12. The standard InChI is InChI=1S/C20H19N5O4S/c1-3-29-14-6-4-13(5-7-14)25-19(27)18-15(8-9-30-18)24(20(25)28)11-17(26)21-16-10-12(2)22-23-16/h4-10H,3,11H2,1-2H3,(H2,21,22,23,26). The van der Waals surface area contributed by atoms with Gasteiger partial charge in [0.15, 0.2) is 5.82 Å². The highest BCUT2D eigenvalue weighted by Crippen LogP contribution is 2.18. The van der Waals surface area contributed by atoms with Gasteiger partial charge >= 0.3 is 5.69 Å². The number of aromatic amines is 1. The monoisotopic (exact) mass is 425 g/mol. The molecule has 4 aromatic rings. The van der Waals surface area contributed by atoms with Crippen LogP contribution in [0.5, 0.6) is 5.75 Å². The average molecular weight is 425 g/mol. The van der Waals surface area contributed by atoms with E-state index < -0.39 is 17.2 Å². The molecule has 0 radical (unpaired) electrons. The zero-order valence-corrected chi connectivity index (χ0v) is 17.2. The van der Waals surface area contributed by atoms with E-state index in [4.69, 9.17) is 4.74 Å². The number of thiophene rings is 1. The van der Waals surface area contributed by atoms with E-state index in [0.717, 1.165) is 10.3 Å². The van der Waals surface area contributed by atoms with Crippen molar-refractivity contribution in [3.8, 4) is 11.4 Å². The number of nitrogens with zero attached hydrogens (tertiary/aromatic N) is 3. The van der Waals surface area contributed by atoms with Crippen molar-refractivity contribution in [2.75, 3.05) is 11.9 Å². The first kappa shape index (κ1) is 19.6. The Morgan fingerprint density at radius 2 is 2.00 bits per heavy atom. The third-order valence-electron chi connectivity index (χ3n) is 4.44. The van der Waals surface area contributed by atoms with Crippen LogP contribution in [0, 0.1) is 6.92 Å². The minimum absolute atomic E-state index is 0.255. The molecular weight excluding hydrogens is 406 g/mol. The highest BCUT2D eigenvalue weighted by molar-refractivity contribution is 7.17. The van der Waals surface area contributed by atoms with E-state index in [0.29, 0.717) is 34.1 Å². The third-order valence-corrected chi connectivity index (χ3v) is 5.33. The molecule has 0 bridgehead atoms. The first-order valence-electron chi connectivity index (χ1n) is 9.26. The number of aromatic nitrogens is 4. The second-order valence-electron chi connectivity index (χ2n) is 6.56. The Hall–Kier alpha value is -3.66. The summed E-state index contributed by atoms with van der Waals surface area (Å²) in [6.07, 6.45) is 0. The molecule has 0 fully saturated rings. The van der Waals surface area contributed by atoms with Crippen molar-refractivity contribution >= 4 is 33.3 Å². The lowest BCUT2D eigenvalue weighted by atomic mass is 10.3. The van der Waals surface area contributed by atoms with E-state index in [1.165, 1.54) is 15.9 Å². The molecule has 0 atom stereocenters. The molecular formula is C20H19N5O4S. The first-order valence-corrected chi connectivity index (χ1v) is 10.1. The molecule has 0 spiro atoms. The second-order valence-corrected chi connectivity index (χ2v) is 7.47. The van der Waals surface area contributed by atoms with Gasteiger partial charge in [0.2, 0.25) is 5.91 Å². The molecule has 0 aliphatic carbocycles. The summed E-state index contributed by atoms with van der Waals surface area (Å²) in [5.74, 6) is 0.584. The van der Waals surface area contributed by atoms with Gasteiger partial charge in [-0.05, 0) is 49.6 Å². The van der Waals surface area contributed by atoms with Crippen molar-refractivity contribution in [2.45, 2.75) is 20.4 Å². The highest BCUT2D eigenvalue weighted by atomic mass is 32.1. The quantitative estimate of drug-likeness (QED) is 0.492. The number of amides is 1. The number of ether oxygens (including phenoxy) is 1. The molecule has 154 valence electrons. The summed E-state index contributed by atoms with van der Waals surface area (Å²) in [5, 5.41) is 11.1. The minimum atomic E-state index is -0.594. The number of carbonyl (C=O) groups excluding carboxylic acids is 1. The van der Waals surface area contributed by atoms with Crippen molar-refractivity contribution in [1.82, 2.24) is 19.3 Å². The molecule has 0 aliphatic heterocycles. The van der Waals surface area contributed by atoms with Gasteiger partial charge in [-0.2, -0.15) is 5.10 Å². The van der Waals surface area contributed by atoms with Crippen molar-refractivity contribution in [3.63, 3.8) is 0 Å². The van der Waals surface area contributed by atoms with Crippen LogP contribution >= 0.6 is 11.3 Å². The van der Waals surface area contributed by atoms with Gasteiger partial charge < -0.3 is 10.1 Å². The number of rotatable bonds is 6. The molecule has 4 rings (SSSR count). The average Bonchev–Trinajstić information content (AvgIpc) is 3.36. The summed E-state index contributed by atoms with van der Waals surface area (Å²) in [4.78, 5) is 38.7. The number of nitrogens with one attached hydrogen (secondary N) is 2. The summed E-state index contributed by atoms with van der Waals surface area (Å²) < 4.78 is 8.18. The smallest absolute Gasteiger partial charge is 0.336 e. The van der Waals surface area contributed by atoms with Crippen LogP contribution in [0.25, 0.3) is 15.9 Å². The zero-order chi connectivity index (χ0) is 21.3. The molecule has 3 aromatic heterocycles. The number of H-pyrrole nitrogens is 1. The maximum atomic E-state index is 13.2. The predicted molar refractivity (Wildman–Crippen MR) is 115 cm³/mol. The topological polar surface area (TPSA) is 111 Å². The number of benzene rings is 1. The fourth-order valence-electron chi connectivity index (χ4n) is 3.13. The maximum absolute atomic E-state index is 13.2. The van der Waals surface area contributed by atoms with Gasteiger partial charge in [-0.3, -0.25) is 19.3 Å². The van der Waals surface area contributed by atoms with Gasteiger partial charge in [-0.25, -0.2) is 9.36 Å². The normalized spacial score (nSPS) is 11.0. The van der Waals surface area contributed by atoms with Crippen LogP contribution in [0.3, 0.4) is 0 Å². The van der Waals surface area contributed by atoms with E-state index in [9.17, 15) is 14.4 Å². The van der Waals surface area contributed by atoms with Crippen LogP contribution in [-0.4, -0.2) is 31.8 Å². The van der Waals surface area contributed by atoms with Crippen molar-refractivity contribution in [2.24, 2.45) is 0 Å². The molecule has 0 saturated heterocycles. The molecule has 2 N–H and O–H groups in total. The van der Waals surface area contributed by atoms with Crippen LogP contribution in [-0.2, 0) is 11.3 Å². The first-order chi connectivity index (χ1) is 14.5. The number of aryl methyl sites for hydroxylation is 1. The third kappa shape index (κ3) is 3.64. The van der Waals surface area contributed by atoms with Gasteiger partial charge in [0.1, 0.15) is 17.0 Å². The number of carbonyl (C=O) groups is 1. The van der Waals surface area contributed by atoms with Crippen LogP contribution in [0.4, 0.5) is 5.82 Å². The molecule has 30 heavy (non-hydrogen) atoms. The molecule has 0 unspecified atom stereocenters. The molecule has 10 heteroatoms. The molecule has 0 saturated carbocycles. The summed E-state index contributed by atoms with van der Waals surface area (Å²) in [7, 11) is 0. The largest absolute Gasteiger partial charge is 0.494 e. The summed E-state index contributed by atoms with van der Waals surface area (Å²) >= 11 is 1.22. The molecule has 9 nitrogen and oxygen atoms in total. The fourth-order valence-corrected chi connectivity index (χ4v) is 3.96. The second kappa shape index (κ2) is 7.99. The lowest BCUT2D eigenvalue weighted by molar-refractivity contribution is -0.116. The van der Waals surface area contributed by atoms with E-state index in [-0.39, 0.29) is 6.54 Å². The van der Waals surface area contributed by atoms with E-state index in [2.05, 4.69) is 15.5 Å². The van der Waals surface area contributed by atoms with E-state index in [1.54, 1.807) is 41.8 Å². The van der Waals surface area contributed by atoms with Crippen molar-refractivity contribution in [3.05, 3.63) is 68.3 Å². The fraction of sp³-hybridized carbons (Fsp3) is 0.200. The summed E-state index contributed by atoms with van der Waals surface area (Å²) in [5.41, 5.74) is 0.607. The predicted octanol–water partition coefficient (Wildman–Crippen LogP) is 2.28. The molecule has 0 aliphatic rings. The van der Waals surface area contributed by atoms with Gasteiger partial charge in [-0.15, -0.1) is 11.3 Å². The Labute approximate surface area is 174 Å². The Morgan fingerprint density at radius 1 is 1.23 bits per heavy atom. The molecule has 1 amide bonds. The van der Waals surface area contributed by atoms with Gasteiger partial charge in [0, 0.05) is 11.8 Å². The number of fused-ring (bicyclic) bond motifs is 1. The van der Waals surface area contributed by atoms with Gasteiger partial charge in [-0.1, -0.05) is 0 Å². The SMILES string of the molecule is CCOc1ccc(-n2c(=O)c3sccc3n(CC(=O)Nc3cc(C)[nH]n3)c2=O)cc1. The Bertz CT molecular complexity index is 1330. The van der Waals surface area contributed by atoms with Gasteiger partial charge in [0.25, 0.3) is 5.56 Å². The van der Waals surface area contributed by atoms with Crippen LogP contribution in [0.15, 0.2) is 51.4 Å². The van der Waals surface area contributed by atoms with Crippen LogP contribution in [0.2, 0.25) is 0 Å². The van der Waals surface area contributed by atoms with Crippen molar-refractivity contribution in [1.29, 1.82) is 0 Å². The summed E-state index contributed by atoms with van der Waals surface area (Å²) in [6, 6.07) is 10.0. The van der Waals surface area contributed by atoms with Crippen molar-refractivity contribution < 1.29 is 9.53 Å².